The Labute approximate surface area is 145 Å². The first-order valence-electron chi connectivity index (χ1n) is 8.30. The van der Waals surface area contributed by atoms with E-state index in [0.29, 0.717) is 17.1 Å². The second-order valence-corrected chi connectivity index (χ2v) is 6.85. The minimum absolute atomic E-state index is 0.343. The summed E-state index contributed by atoms with van der Waals surface area (Å²) in [6.45, 7) is 0. The number of H-pyrrole nitrogens is 1. The maximum Gasteiger partial charge on any atom is 0.137 e. The van der Waals surface area contributed by atoms with Crippen molar-refractivity contribution in [3.63, 3.8) is 0 Å². The SMILES string of the molecule is NC1CCC(Nc2cc(-c3cnc4[nH]ccc4c3)c(Cl)cn2)CC1. The molecule has 1 fully saturated rings. The summed E-state index contributed by atoms with van der Waals surface area (Å²) in [5.74, 6) is 0.851. The summed E-state index contributed by atoms with van der Waals surface area (Å²) in [5.41, 5.74) is 8.78. The van der Waals surface area contributed by atoms with Gasteiger partial charge in [-0.1, -0.05) is 11.6 Å². The zero-order valence-electron chi connectivity index (χ0n) is 13.3. The molecule has 1 aliphatic carbocycles. The molecule has 3 heterocycles. The first-order chi connectivity index (χ1) is 11.7. The van der Waals surface area contributed by atoms with E-state index < -0.39 is 0 Å². The van der Waals surface area contributed by atoms with E-state index >= 15 is 0 Å². The topological polar surface area (TPSA) is 79.6 Å². The third-order valence-electron chi connectivity index (χ3n) is 4.69. The molecule has 1 aliphatic rings. The van der Waals surface area contributed by atoms with Crippen LogP contribution >= 0.6 is 11.6 Å². The van der Waals surface area contributed by atoms with Gasteiger partial charge in [-0.15, -0.1) is 0 Å². The lowest BCUT2D eigenvalue weighted by Gasteiger charge is -2.27. The Morgan fingerprint density at radius 2 is 1.96 bits per heavy atom. The van der Waals surface area contributed by atoms with Gasteiger partial charge in [0.15, 0.2) is 0 Å². The zero-order valence-corrected chi connectivity index (χ0v) is 14.1. The minimum atomic E-state index is 0.343. The van der Waals surface area contributed by atoms with Gasteiger partial charge in [0, 0.05) is 47.2 Å². The fourth-order valence-electron chi connectivity index (χ4n) is 3.30. The van der Waals surface area contributed by atoms with Crippen LogP contribution in [0.4, 0.5) is 5.82 Å². The van der Waals surface area contributed by atoms with E-state index in [4.69, 9.17) is 17.3 Å². The molecule has 0 radical (unpaired) electrons. The highest BCUT2D eigenvalue weighted by Crippen LogP contribution is 2.31. The summed E-state index contributed by atoms with van der Waals surface area (Å²) in [6.07, 6.45) is 9.71. The fraction of sp³-hybridized carbons (Fsp3) is 0.333. The van der Waals surface area contributed by atoms with Crippen LogP contribution in [0.2, 0.25) is 5.02 Å². The second kappa shape index (κ2) is 6.42. The lowest BCUT2D eigenvalue weighted by Crippen LogP contribution is -2.33. The number of aromatic amines is 1. The van der Waals surface area contributed by atoms with E-state index in [0.717, 1.165) is 53.7 Å². The van der Waals surface area contributed by atoms with Gasteiger partial charge in [0.2, 0.25) is 0 Å². The van der Waals surface area contributed by atoms with E-state index in [-0.39, 0.29) is 0 Å². The van der Waals surface area contributed by atoms with Crippen molar-refractivity contribution in [2.45, 2.75) is 37.8 Å². The molecule has 0 aromatic carbocycles. The fourth-order valence-corrected chi connectivity index (χ4v) is 3.51. The number of hydrogen-bond donors (Lipinski definition) is 3. The number of nitrogens with one attached hydrogen (secondary N) is 2. The summed E-state index contributed by atoms with van der Waals surface area (Å²) >= 11 is 6.38. The van der Waals surface area contributed by atoms with Crippen LogP contribution in [0.5, 0.6) is 0 Å². The van der Waals surface area contributed by atoms with Gasteiger partial charge in [-0.05, 0) is 43.9 Å². The van der Waals surface area contributed by atoms with Gasteiger partial charge in [-0.3, -0.25) is 0 Å². The average molecular weight is 342 g/mol. The van der Waals surface area contributed by atoms with Gasteiger partial charge >= 0.3 is 0 Å². The highest BCUT2D eigenvalue weighted by molar-refractivity contribution is 6.33. The molecule has 1 saturated carbocycles. The van der Waals surface area contributed by atoms with Crippen molar-refractivity contribution in [3.05, 3.63) is 41.8 Å². The van der Waals surface area contributed by atoms with E-state index in [1.807, 2.05) is 24.5 Å². The number of anilines is 1. The number of nitrogens with zero attached hydrogens (tertiary/aromatic N) is 2. The van der Waals surface area contributed by atoms with Gasteiger partial charge in [-0.25, -0.2) is 9.97 Å². The molecule has 0 bridgehead atoms. The molecule has 4 rings (SSSR count). The molecule has 0 spiro atoms. The molecule has 0 amide bonds. The third kappa shape index (κ3) is 3.09. The molecule has 3 aromatic rings. The predicted octanol–water partition coefficient (Wildman–Crippen LogP) is 3.96. The Bertz CT molecular complexity index is 851. The van der Waals surface area contributed by atoms with Gasteiger partial charge < -0.3 is 16.0 Å². The van der Waals surface area contributed by atoms with Gasteiger partial charge in [0.25, 0.3) is 0 Å². The number of rotatable bonds is 3. The smallest absolute Gasteiger partial charge is 0.137 e. The molecule has 6 heteroatoms. The molecule has 0 unspecified atom stereocenters. The van der Waals surface area contributed by atoms with E-state index in [9.17, 15) is 0 Å². The molecule has 0 saturated heterocycles. The highest BCUT2D eigenvalue weighted by atomic mass is 35.5. The van der Waals surface area contributed by atoms with Crippen LogP contribution in [-0.2, 0) is 0 Å². The predicted molar refractivity (Wildman–Crippen MR) is 98.2 cm³/mol. The van der Waals surface area contributed by atoms with Gasteiger partial charge in [0.1, 0.15) is 11.5 Å². The molecular weight excluding hydrogens is 322 g/mol. The van der Waals surface area contributed by atoms with E-state index in [1.54, 1.807) is 6.20 Å². The van der Waals surface area contributed by atoms with Crippen molar-refractivity contribution in [1.82, 2.24) is 15.0 Å². The highest BCUT2D eigenvalue weighted by Gasteiger charge is 2.19. The quantitative estimate of drug-likeness (QED) is 0.673. The van der Waals surface area contributed by atoms with Crippen LogP contribution in [0.25, 0.3) is 22.2 Å². The molecule has 0 atom stereocenters. The van der Waals surface area contributed by atoms with Crippen LogP contribution in [0, 0.1) is 0 Å². The van der Waals surface area contributed by atoms with E-state index in [1.165, 1.54) is 0 Å². The second-order valence-electron chi connectivity index (χ2n) is 6.44. The summed E-state index contributed by atoms with van der Waals surface area (Å²) < 4.78 is 0. The summed E-state index contributed by atoms with van der Waals surface area (Å²) in [6, 6.07) is 6.87. The number of pyridine rings is 2. The number of hydrogen-bond acceptors (Lipinski definition) is 4. The van der Waals surface area contributed by atoms with E-state index in [2.05, 4.69) is 26.3 Å². The van der Waals surface area contributed by atoms with Crippen LogP contribution in [0.3, 0.4) is 0 Å². The number of fused-ring (bicyclic) bond motifs is 1. The maximum absolute atomic E-state index is 6.38. The zero-order chi connectivity index (χ0) is 16.5. The van der Waals surface area contributed by atoms with Gasteiger partial charge in [0.05, 0.1) is 5.02 Å². The Kier molecular flexibility index (Phi) is 4.12. The third-order valence-corrected chi connectivity index (χ3v) is 4.99. The van der Waals surface area contributed by atoms with Crippen LogP contribution in [-0.4, -0.2) is 27.0 Å². The molecule has 0 aliphatic heterocycles. The molecule has 4 N–H and O–H groups in total. The lowest BCUT2D eigenvalue weighted by molar-refractivity contribution is 0.410. The van der Waals surface area contributed by atoms with Crippen LogP contribution in [0.1, 0.15) is 25.7 Å². The summed E-state index contributed by atoms with van der Waals surface area (Å²) in [7, 11) is 0. The first-order valence-corrected chi connectivity index (χ1v) is 8.68. The Hall–Kier alpha value is -2.11. The van der Waals surface area contributed by atoms with Crippen LogP contribution in [0.15, 0.2) is 36.8 Å². The summed E-state index contributed by atoms with van der Waals surface area (Å²) in [5, 5.41) is 5.21. The molecular formula is C18H20ClN5. The Morgan fingerprint density at radius 1 is 1.12 bits per heavy atom. The van der Waals surface area contributed by atoms with Crippen molar-refractivity contribution < 1.29 is 0 Å². The average Bonchev–Trinajstić information content (AvgIpc) is 3.06. The molecule has 5 nitrogen and oxygen atoms in total. The number of aromatic nitrogens is 3. The normalized spacial score (nSPS) is 21.1. The van der Waals surface area contributed by atoms with Crippen molar-refractivity contribution in [2.24, 2.45) is 5.73 Å². The van der Waals surface area contributed by atoms with Crippen molar-refractivity contribution >= 4 is 28.5 Å². The van der Waals surface area contributed by atoms with Crippen molar-refractivity contribution in [1.29, 1.82) is 0 Å². The molecule has 124 valence electrons. The van der Waals surface area contributed by atoms with Crippen molar-refractivity contribution in [2.75, 3.05) is 5.32 Å². The Balaban J connectivity index is 1.61. The molecule has 24 heavy (non-hydrogen) atoms. The maximum atomic E-state index is 6.38. The monoisotopic (exact) mass is 341 g/mol. The minimum Gasteiger partial charge on any atom is -0.367 e. The largest absolute Gasteiger partial charge is 0.367 e. The lowest BCUT2D eigenvalue weighted by atomic mass is 9.92. The van der Waals surface area contributed by atoms with Gasteiger partial charge in [-0.2, -0.15) is 0 Å². The summed E-state index contributed by atoms with van der Waals surface area (Å²) in [4.78, 5) is 12.0. The molecule has 3 aromatic heterocycles. The standard InChI is InChI=1S/C18H20ClN5/c19-16-10-22-17(24-14-3-1-13(20)2-4-14)8-15(16)12-7-11-5-6-21-18(11)23-9-12/h5-10,13-14H,1-4,20H2,(H,21,23)(H,22,24). The first kappa shape index (κ1) is 15.4. The van der Waals surface area contributed by atoms with Crippen LogP contribution < -0.4 is 11.1 Å². The van der Waals surface area contributed by atoms with Crippen molar-refractivity contribution in [3.8, 4) is 11.1 Å². The Morgan fingerprint density at radius 3 is 2.79 bits per heavy atom. The number of nitrogens with two attached hydrogens (primary N) is 1. The number of halogens is 1.